The summed E-state index contributed by atoms with van der Waals surface area (Å²) in [7, 11) is -4.36. The van der Waals surface area contributed by atoms with Gasteiger partial charge in [0.1, 0.15) is 0 Å². The van der Waals surface area contributed by atoms with Gasteiger partial charge in [0.25, 0.3) is 0 Å². The molecule has 2 aromatic rings. The van der Waals surface area contributed by atoms with E-state index in [1.54, 1.807) is 10.4 Å². The normalized spacial score (nSPS) is 31.1. The molecule has 130 valence electrons. The van der Waals surface area contributed by atoms with Crippen LogP contribution in [0.2, 0.25) is 37.3 Å². The third-order valence-electron chi connectivity index (χ3n) is 7.60. The number of hydrogen-bond donors (Lipinski definition) is 0. The largest absolute Gasteiger partial charge is 0.0914 e. The van der Waals surface area contributed by atoms with Gasteiger partial charge in [0.05, 0.1) is 15.2 Å². The number of rotatable bonds is 2. The van der Waals surface area contributed by atoms with Crippen LogP contribution in [0.15, 0.2) is 72.8 Å². The first-order valence-electron chi connectivity index (χ1n) is 9.89. The third kappa shape index (κ3) is 2.51. The Hall–Kier alpha value is -1.17. The summed E-state index contributed by atoms with van der Waals surface area (Å²) in [6.07, 6.45) is 8.15. The molecule has 3 heteroatoms. The van der Waals surface area contributed by atoms with E-state index in [1.807, 2.05) is 0 Å². The van der Waals surface area contributed by atoms with E-state index < -0.39 is 22.3 Å². The summed E-state index contributed by atoms with van der Waals surface area (Å²) in [4.78, 5) is 0. The highest BCUT2D eigenvalue weighted by Crippen LogP contribution is 2.45. The maximum atomic E-state index is 2.82. The molecule has 1 fully saturated rings. The van der Waals surface area contributed by atoms with E-state index in [9.17, 15) is 0 Å². The molecule has 1 saturated heterocycles. The standard InChI is InChI=1S/C22H30Si3/c1-23(2)24(21-13-5-3-6-14-21)17-9-11-19-25(23,20-12-10-18-24)22-15-7-4-8-16-22/h3-9,11,13-16H,10,12,17-20H2,1-2H3. The zero-order chi connectivity index (χ0) is 17.4. The van der Waals surface area contributed by atoms with Gasteiger partial charge in [-0.15, -0.1) is 0 Å². The summed E-state index contributed by atoms with van der Waals surface area (Å²) < 4.78 is 0. The van der Waals surface area contributed by atoms with Gasteiger partial charge in [-0.3, -0.25) is 0 Å². The lowest BCUT2D eigenvalue weighted by Gasteiger charge is -2.52. The van der Waals surface area contributed by atoms with Crippen LogP contribution in [0, 0.1) is 0 Å². The van der Waals surface area contributed by atoms with Gasteiger partial charge >= 0.3 is 0 Å². The van der Waals surface area contributed by atoms with Crippen LogP contribution in [-0.4, -0.2) is 22.3 Å². The molecule has 2 heterocycles. The fourth-order valence-corrected chi connectivity index (χ4v) is 48.2. The van der Waals surface area contributed by atoms with Crippen molar-refractivity contribution in [2.45, 2.75) is 50.1 Å². The minimum absolute atomic E-state index is 1.40. The van der Waals surface area contributed by atoms with Crippen LogP contribution < -0.4 is 10.4 Å². The van der Waals surface area contributed by atoms with E-state index in [-0.39, 0.29) is 0 Å². The Morgan fingerprint density at radius 3 is 1.40 bits per heavy atom. The van der Waals surface area contributed by atoms with E-state index in [0.29, 0.717) is 0 Å². The minimum Gasteiger partial charge on any atom is -0.0914 e. The minimum atomic E-state index is -1.48. The predicted octanol–water partition coefficient (Wildman–Crippen LogP) is 4.93. The first-order chi connectivity index (χ1) is 12.1. The average Bonchev–Trinajstić information content (AvgIpc) is 2.84. The molecule has 0 aromatic heterocycles. The average molecular weight is 379 g/mol. The molecular weight excluding hydrogens is 349 g/mol. The maximum absolute atomic E-state index is 2.82. The molecule has 0 radical (unpaired) electrons. The van der Waals surface area contributed by atoms with Crippen LogP contribution in [0.4, 0.5) is 0 Å². The summed E-state index contributed by atoms with van der Waals surface area (Å²) in [6, 6.07) is 29.4. The van der Waals surface area contributed by atoms with E-state index in [0.717, 1.165) is 0 Å². The fraction of sp³-hybridized carbons (Fsp3) is 0.364. The summed E-state index contributed by atoms with van der Waals surface area (Å²) in [5.74, 6) is 0. The zero-order valence-electron chi connectivity index (χ0n) is 15.7. The Kier molecular flexibility index (Phi) is 4.50. The highest BCUT2D eigenvalue weighted by atomic mass is 29.6. The second kappa shape index (κ2) is 6.53. The highest BCUT2D eigenvalue weighted by molar-refractivity contribution is 7.74. The Labute approximate surface area is 155 Å². The predicted molar refractivity (Wildman–Crippen MR) is 119 cm³/mol. The second-order valence-corrected chi connectivity index (χ2v) is 33.9. The van der Waals surface area contributed by atoms with Gasteiger partial charge in [0.15, 0.2) is 0 Å². The Morgan fingerprint density at radius 1 is 0.600 bits per heavy atom. The van der Waals surface area contributed by atoms with Crippen LogP contribution in [-0.2, 0) is 0 Å². The molecular formula is C22H30Si3. The molecule has 2 bridgehead atoms. The van der Waals surface area contributed by atoms with Gasteiger partial charge in [0.2, 0.25) is 0 Å². The van der Waals surface area contributed by atoms with Gasteiger partial charge in [-0.05, 0) is 12.1 Å². The van der Waals surface area contributed by atoms with Crippen molar-refractivity contribution in [3.05, 3.63) is 72.8 Å². The Bertz CT molecular complexity index is 690. The number of benzene rings is 2. The van der Waals surface area contributed by atoms with E-state index >= 15 is 0 Å². The summed E-state index contributed by atoms with van der Waals surface area (Å²) >= 11 is 0. The maximum Gasteiger partial charge on any atom is 0.0813 e. The highest BCUT2D eigenvalue weighted by Gasteiger charge is 2.62. The van der Waals surface area contributed by atoms with Crippen molar-refractivity contribution in [2.75, 3.05) is 0 Å². The molecule has 0 spiro atoms. The lowest BCUT2D eigenvalue weighted by molar-refractivity contribution is 0.864. The van der Waals surface area contributed by atoms with Crippen LogP contribution in [0.5, 0.6) is 0 Å². The van der Waals surface area contributed by atoms with Crippen molar-refractivity contribution in [3.8, 4) is 0 Å². The van der Waals surface area contributed by atoms with Crippen LogP contribution in [0.25, 0.3) is 0 Å². The zero-order valence-corrected chi connectivity index (χ0v) is 18.7. The van der Waals surface area contributed by atoms with Crippen molar-refractivity contribution >= 4 is 32.7 Å². The monoisotopic (exact) mass is 378 g/mol. The number of allylic oxidation sites excluding steroid dienone is 2. The van der Waals surface area contributed by atoms with Gasteiger partial charge in [-0.25, -0.2) is 0 Å². The molecule has 2 atom stereocenters. The first kappa shape index (κ1) is 17.3. The number of fused-ring (bicyclic) bond motifs is 2. The lowest BCUT2D eigenvalue weighted by atomic mass is 10.4. The molecule has 2 aliphatic heterocycles. The third-order valence-corrected chi connectivity index (χ3v) is 47.0. The van der Waals surface area contributed by atoms with E-state index in [2.05, 4.69) is 85.9 Å². The van der Waals surface area contributed by atoms with Gasteiger partial charge < -0.3 is 0 Å². The molecule has 0 aliphatic carbocycles. The molecule has 4 rings (SSSR count). The number of hydrogen-bond acceptors (Lipinski definition) is 0. The molecule has 2 unspecified atom stereocenters. The molecule has 25 heavy (non-hydrogen) atoms. The van der Waals surface area contributed by atoms with Crippen LogP contribution >= 0.6 is 0 Å². The van der Waals surface area contributed by atoms with Gasteiger partial charge in [0, 0.05) is 7.11 Å². The quantitative estimate of drug-likeness (QED) is 0.513. The van der Waals surface area contributed by atoms with Crippen molar-refractivity contribution in [2.24, 2.45) is 0 Å². The van der Waals surface area contributed by atoms with Crippen molar-refractivity contribution in [1.29, 1.82) is 0 Å². The molecule has 2 aliphatic rings. The lowest BCUT2D eigenvalue weighted by Crippen LogP contribution is -2.80. The first-order valence-corrected chi connectivity index (χ1v) is 19.7. The molecule has 0 N–H and O–H groups in total. The Balaban J connectivity index is 1.98. The summed E-state index contributed by atoms with van der Waals surface area (Å²) in [5.41, 5.74) is 0. The smallest absolute Gasteiger partial charge is 0.0813 e. The molecule has 2 aromatic carbocycles. The van der Waals surface area contributed by atoms with E-state index in [1.165, 1.54) is 37.0 Å². The van der Waals surface area contributed by atoms with Crippen molar-refractivity contribution < 1.29 is 0 Å². The van der Waals surface area contributed by atoms with Crippen molar-refractivity contribution in [3.63, 3.8) is 0 Å². The Morgan fingerprint density at radius 2 is 1.00 bits per heavy atom. The topological polar surface area (TPSA) is 0 Å². The molecule has 0 saturated carbocycles. The summed E-state index contributed by atoms with van der Waals surface area (Å²) in [6.45, 7) is 5.65. The molecule has 0 nitrogen and oxygen atoms in total. The van der Waals surface area contributed by atoms with Gasteiger partial charge in [-0.1, -0.05) is 121 Å². The summed E-state index contributed by atoms with van der Waals surface area (Å²) in [5, 5.41) is 3.54. The van der Waals surface area contributed by atoms with Crippen LogP contribution in [0.1, 0.15) is 12.8 Å². The van der Waals surface area contributed by atoms with Crippen LogP contribution in [0.3, 0.4) is 0 Å². The van der Waals surface area contributed by atoms with E-state index in [4.69, 9.17) is 0 Å². The SMILES string of the molecule is C[Si]1(C)[Si]2(c3ccccc3)CC=CC[Si]1(c1ccccc1)CCCC2. The molecule has 0 amide bonds. The van der Waals surface area contributed by atoms with Gasteiger partial charge in [-0.2, -0.15) is 0 Å². The van der Waals surface area contributed by atoms with Crippen molar-refractivity contribution in [1.82, 2.24) is 0 Å². The second-order valence-electron chi connectivity index (χ2n) is 8.61. The fourth-order valence-electron chi connectivity index (χ4n) is 5.98.